The lowest BCUT2D eigenvalue weighted by atomic mass is 10.4. The minimum Gasteiger partial charge on any atom is -0.236 e. The van der Waals surface area contributed by atoms with Crippen LogP contribution in [0.25, 0.3) is 0 Å². The second-order valence-electron chi connectivity index (χ2n) is 2.26. The molecule has 0 aliphatic heterocycles. The normalized spacial score (nSPS) is 10.3. The molecule has 1 aromatic rings. The first-order valence-electron chi connectivity index (χ1n) is 3.32. The van der Waals surface area contributed by atoms with Crippen molar-refractivity contribution < 1.29 is 4.39 Å². The summed E-state index contributed by atoms with van der Waals surface area (Å²) in [6, 6.07) is 0. The predicted octanol–water partition coefficient (Wildman–Crippen LogP) is 2.39. The number of hydrogen-bond acceptors (Lipinski definition) is 3. The van der Waals surface area contributed by atoms with Gasteiger partial charge in [-0.2, -0.15) is 16.2 Å². The highest BCUT2D eigenvalue weighted by Gasteiger charge is 2.07. The number of rotatable bonds is 2. The van der Waals surface area contributed by atoms with E-state index >= 15 is 0 Å². The van der Waals surface area contributed by atoms with Crippen molar-refractivity contribution in [1.82, 2.24) is 9.97 Å². The topological polar surface area (TPSA) is 25.8 Å². The van der Waals surface area contributed by atoms with Crippen LogP contribution >= 0.6 is 34.4 Å². The number of halogens is 2. The number of aromatic nitrogens is 2. The molecule has 0 aliphatic rings. The third-order valence-electron chi connectivity index (χ3n) is 1.30. The lowest BCUT2D eigenvalue weighted by molar-refractivity contribution is 0.562. The summed E-state index contributed by atoms with van der Waals surface area (Å²) in [4.78, 5) is 7.86. The molecule has 0 atom stereocenters. The first kappa shape index (κ1) is 10.2. The zero-order valence-electron chi connectivity index (χ0n) is 6.77. The van der Waals surface area contributed by atoms with Gasteiger partial charge in [0.25, 0.3) is 0 Å². The summed E-state index contributed by atoms with van der Waals surface area (Å²) in [6.07, 6.45) is 1.94. The quantitative estimate of drug-likeness (QED) is 0.619. The molecule has 0 radical (unpaired) electrons. The van der Waals surface area contributed by atoms with Crippen LogP contribution in [0, 0.1) is 16.4 Å². The van der Waals surface area contributed by atoms with E-state index in [4.69, 9.17) is 0 Å². The molecule has 0 N–H and O–H groups in total. The molecule has 0 bridgehead atoms. The van der Waals surface area contributed by atoms with Gasteiger partial charge in [-0.05, 0) is 35.8 Å². The van der Waals surface area contributed by atoms with Gasteiger partial charge in [0.2, 0.25) is 5.95 Å². The van der Waals surface area contributed by atoms with Crippen LogP contribution in [0.1, 0.15) is 11.5 Å². The van der Waals surface area contributed by atoms with Crippen molar-refractivity contribution in [2.24, 2.45) is 0 Å². The second kappa shape index (κ2) is 4.36. The fourth-order valence-corrected chi connectivity index (χ4v) is 1.40. The van der Waals surface area contributed by atoms with Gasteiger partial charge in [-0.15, -0.1) is 0 Å². The molecule has 0 saturated carbocycles. The average molecular weight is 298 g/mol. The van der Waals surface area contributed by atoms with Crippen molar-refractivity contribution in [3.05, 3.63) is 21.0 Å². The summed E-state index contributed by atoms with van der Waals surface area (Å²) in [5, 5.41) is 0. The lowest BCUT2D eigenvalue weighted by Gasteiger charge is -2.01. The number of hydrogen-bond donors (Lipinski definition) is 0. The van der Waals surface area contributed by atoms with Gasteiger partial charge in [0.15, 0.2) is 0 Å². The summed E-state index contributed by atoms with van der Waals surface area (Å²) in [7, 11) is 0. The number of thioether (sulfide) groups is 1. The van der Waals surface area contributed by atoms with Crippen LogP contribution in [0.5, 0.6) is 0 Å². The molecule has 1 aromatic heterocycles. The summed E-state index contributed by atoms with van der Waals surface area (Å²) in [6.45, 7) is 1.79. The Kier molecular flexibility index (Phi) is 3.70. The molecule has 5 heteroatoms. The van der Waals surface area contributed by atoms with Gasteiger partial charge in [0.1, 0.15) is 5.82 Å². The standard InChI is InChI=1S/C7H8FIN2S/c1-4-6(9)7(8)11-5(10-4)3-12-2/h3H2,1-2H3. The molecule has 12 heavy (non-hydrogen) atoms. The third-order valence-corrected chi connectivity index (χ3v) is 3.07. The van der Waals surface area contributed by atoms with E-state index in [-0.39, 0.29) is 0 Å². The average Bonchev–Trinajstić information content (AvgIpc) is 2.01. The van der Waals surface area contributed by atoms with Crippen molar-refractivity contribution in [2.75, 3.05) is 6.26 Å². The highest BCUT2D eigenvalue weighted by molar-refractivity contribution is 14.1. The molecular formula is C7H8FIN2S. The van der Waals surface area contributed by atoms with Gasteiger partial charge < -0.3 is 0 Å². The fourth-order valence-electron chi connectivity index (χ4n) is 0.773. The van der Waals surface area contributed by atoms with Crippen LogP contribution in [0.15, 0.2) is 0 Å². The van der Waals surface area contributed by atoms with E-state index in [0.717, 1.165) is 0 Å². The molecule has 1 heterocycles. The van der Waals surface area contributed by atoms with Crippen molar-refractivity contribution in [1.29, 1.82) is 0 Å². The monoisotopic (exact) mass is 298 g/mol. The molecule has 1 rings (SSSR count). The van der Waals surface area contributed by atoms with Crippen molar-refractivity contribution in [2.45, 2.75) is 12.7 Å². The Morgan fingerprint density at radius 1 is 1.50 bits per heavy atom. The summed E-state index contributed by atoms with van der Waals surface area (Å²) < 4.78 is 13.5. The van der Waals surface area contributed by atoms with Gasteiger partial charge in [-0.3, -0.25) is 0 Å². The molecule has 0 spiro atoms. The molecule has 0 fully saturated rings. The first-order chi connectivity index (χ1) is 5.65. The van der Waals surface area contributed by atoms with E-state index in [1.54, 1.807) is 18.7 Å². The van der Waals surface area contributed by atoms with Crippen LogP contribution in [0.2, 0.25) is 0 Å². The predicted molar refractivity (Wildman–Crippen MR) is 56.7 cm³/mol. The Bertz CT molecular complexity index is 270. The smallest absolute Gasteiger partial charge is 0.229 e. The first-order valence-corrected chi connectivity index (χ1v) is 5.80. The molecule has 0 aromatic carbocycles. The third kappa shape index (κ3) is 2.29. The van der Waals surface area contributed by atoms with Gasteiger partial charge in [0, 0.05) is 0 Å². The Morgan fingerprint density at radius 2 is 2.17 bits per heavy atom. The van der Waals surface area contributed by atoms with E-state index in [2.05, 4.69) is 9.97 Å². The number of nitrogens with zero attached hydrogens (tertiary/aromatic N) is 2. The molecule has 0 amide bonds. The minimum atomic E-state index is -0.410. The fraction of sp³-hybridized carbons (Fsp3) is 0.429. The van der Waals surface area contributed by atoms with Gasteiger partial charge >= 0.3 is 0 Å². The Labute approximate surface area is 88.5 Å². The van der Waals surface area contributed by atoms with Crippen LogP contribution in [0.4, 0.5) is 4.39 Å². The number of aryl methyl sites for hydroxylation is 1. The van der Waals surface area contributed by atoms with E-state index in [1.165, 1.54) is 0 Å². The molecular weight excluding hydrogens is 290 g/mol. The maximum atomic E-state index is 13.0. The Morgan fingerprint density at radius 3 is 2.67 bits per heavy atom. The molecule has 0 saturated heterocycles. The highest BCUT2D eigenvalue weighted by Crippen LogP contribution is 2.13. The zero-order chi connectivity index (χ0) is 9.14. The second-order valence-corrected chi connectivity index (χ2v) is 4.21. The van der Waals surface area contributed by atoms with Crippen molar-refractivity contribution >= 4 is 34.4 Å². The maximum absolute atomic E-state index is 13.0. The van der Waals surface area contributed by atoms with Crippen molar-refractivity contribution in [3.63, 3.8) is 0 Å². The Balaban J connectivity index is 3.04. The SMILES string of the molecule is CSCc1nc(C)c(I)c(F)n1. The molecule has 0 aliphatic carbocycles. The summed E-state index contributed by atoms with van der Waals surface area (Å²) >= 11 is 3.49. The zero-order valence-corrected chi connectivity index (χ0v) is 9.74. The highest BCUT2D eigenvalue weighted by atomic mass is 127. The van der Waals surface area contributed by atoms with Crippen LogP contribution in [-0.2, 0) is 5.75 Å². The Hall–Kier alpha value is 0.0900. The minimum absolute atomic E-state index is 0.410. The van der Waals surface area contributed by atoms with E-state index in [1.807, 2.05) is 28.8 Å². The molecule has 2 nitrogen and oxygen atoms in total. The molecule has 0 unspecified atom stereocenters. The molecule has 66 valence electrons. The van der Waals surface area contributed by atoms with Gasteiger partial charge in [-0.1, -0.05) is 0 Å². The summed E-state index contributed by atoms with van der Waals surface area (Å²) in [5.41, 5.74) is 0.715. The maximum Gasteiger partial charge on any atom is 0.229 e. The van der Waals surface area contributed by atoms with Crippen LogP contribution in [-0.4, -0.2) is 16.2 Å². The van der Waals surface area contributed by atoms with E-state index in [0.29, 0.717) is 20.8 Å². The largest absolute Gasteiger partial charge is 0.236 e. The lowest BCUT2D eigenvalue weighted by Crippen LogP contribution is -2.01. The van der Waals surface area contributed by atoms with Crippen LogP contribution < -0.4 is 0 Å². The van der Waals surface area contributed by atoms with Gasteiger partial charge in [-0.25, -0.2) is 9.97 Å². The van der Waals surface area contributed by atoms with Crippen molar-refractivity contribution in [3.8, 4) is 0 Å². The summed E-state index contributed by atoms with van der Waals surface area (Å²) in [5.74, 6) is 0.819. The van der Waals surface area contributed by atoms with E-state index in [9.17, 15) is 4.39 Å². The van der Waals surface area contributed by atoms with Gasteiger partial charge in [0.05, 0.1) is 15.0 Å². The van der Waals surface area contributed by atoms with E-state index < -0.39 is 5.95 Å². The van der Waals surface area contributed by atoms with Crippen LogP contribution in [0.3, 0.4) is 0 Å².